The Bertz CT molecular complexity index is 961. The van der Waals surface area contributed by atoms with Crippen molar-refractivity contribution in [2.24, 2.45) is 0 Å². The van der Waals surface area contributed by atoms with Gasteiger partial charge in [0.2, 0.25) is 15.9 Å². The summed E-state index contributed by atoms with van der Waals surface area (Å²) in [7, 11) is -1.62. The molecule has 0 aliphatic carbocycles. The first-order chi connectivity index (χ1) is 13.8. The van der Waals surface area contributed by atoms with Crippen molar-refractivity contribution in [3.8, 4) is 0 Å². The number of amides is 1. The van der Waals surface area contributed by atoms with Gasteiger partial charge in [0.05, 0.1) is 4.90 Å². The second-order valence-corrected chi connectivity index (χ2v) is 9.35. The lowest BCUT2D eigenvalue weighted by molar-refractivity contribution is -0.118. The first-order valence-corrected chi connectivity index (χ1v) is 11.5. The van der Waals surface area contributed by atoms with Crippen molar-refractivity contribution in [3.05, 3.63) is 59.7 Å². The molecule has 0 saturated carbocycles. The minimum atomic E-state index is -3.59. The zero-order valence-corrected chi connectivity index (χ0v) is 18.1. The summed E-state index contributed by atoms with van der Waals surface area (Å²) in [4.78, 5) is 16.3. The highest BCUT2D eigenvalue weighted by molar-refractivity contribution is 7.89. The number of rotatable bonds is 8. The molecule has 0 saturated heterocycles. The van der Waals surface area contributed by atoms with Gasteiger partial charge in [0.25, 0.3) is 0 Å². The van der Waals surface area contributed by atoms with E-state index in [1.54, 1.807) is 23.1 Å². The first kappa shape index (κ1) is 21.5. The Hall–Kier alpha value is -2.22. The summed E-state index contributed by atoms with van der Waals surface area (Å²) >= 11 is 0. The molecule has 0 spiro atoms. The van der Waals surface area contributed by atoms with Crippen molar-refractivity contribution in [3.63, 3.8) is 0 Å². The molecule has 0 unspecified atom stereocenters. The topological polar surface area (TPSA) is 69.7 Å². The number of likely N-dealkylation sites (N-methyl/N-ethyl adjacent to an activating group) is 1. The van der Waals surface area contributed by atoms with Crippen molar-refractivity contribution in [1.82, 2.24) is 9.62 Å². The van der Waals surface area contributed by atoms with Crippen molar-refractivity contribution in [2.45, 2.75) is 44.2 Å². The van der Waals surface area contributed by atoms with Gasteiger partial charge in [-0.25, -0.2) is 13.1 Å². The van der Waals surface area contributed by atoms with E-state index in [1.807, 2.05) is 39.1 Å². The van der Waals surface area contributed by atoms with Crippen LogP contribution in [0.2, 0.25) is 0 Å². The number of nitrogens with one attached hydrogen (secondary N) is 1. The van der Waals surface area contributed by atoms with Crippen LogP contribution in [0.3, 0.4) is 0 Å². The lowest BCUT2D eigenvalue weighted by Gasteiger charge is -2.22. The Morgan fingerprint density at radius 1 is 1.21 bits per heavy atom. The molecule has 1 heterocycles. The molecule has 0 aromatic heterocycles. The third kappa shape index (κ3) is 5.04. The van der Waals surface area contributed by atoms with Crippen molar-refractivity contribution in [1.29, 1.82) is 0 Å². The number of carbonyl (C=O) groups is 1. The van der Waals surface area contributed by atoms with Gasteiger partial charge >= 0.3 is 0 Å². The molecule has 29 heavy (non-hydrogen) atoms. The molecule has 2 aromatic carbocycles. The fraction of sp³-hybridized carbons (Fsp3) is 0.409. The molecule has 1 N–H and O–H groups in total. The summed E-state index contributed by atoms with van der Waals surface area (Å²) in [6.07, 6.45) is 1.10. The fourth-order valence-electron chi connectivity index (χ4n) is 3.75. The van der Waals surface area contributed by atoms with E-state index in [0.29, 0.717) is 25.9 Å². The lowest BCUT2D eigenvalue weighted by Crippen LogP contribution is -2.35. The standard InChI is InChI=1S/C22H29N3O3S/c1-4-22(26)25-17(2)14-19-15-20(10-11-21(19)25)29(27,28)23-12-13-24(3)16-18-8-6-5-7-9-18/h5-11,15,17,23H,4,12-14,16H2,1-3H3/t17-/m0/s1. The number of anilines is 1. The Morgan fingerprint density at radius 3 is 2.62 bits per heavy atom. The maximum absolute atomic E-state index is 12.7. The van der Waals surface area contributed by atoms with E-state index in [9.17, 15) is 13.2 Å². The molecular formula is C22H29N3O3S. The monoisotopic (exact) mass is 415 g/mol. The number of benzene rings is 2. The smallest absolute Gasteiger partial charge is 0.240 e. The van der Waals surface area contributed by atoms with Gasteiger partial charge in [-0.2, -0.15) is 0 Å². The van der Waals surface area contributed by atoms with Crippen molar-refractivity contribution >= 4 is 21.6 Å². The molecule has 0 fully saturated rings. The summed E-state index contributed by atoms with van der Waals surface area (Å²) in [6.45, 7) is 5.53. The van der Waals surface area contributed by atoms with Crippen LogP contribution in [0.25, 0.3) is 0 Å². The highest BCUT2D eigenvalue weighted by Crippen LogP contribution is 2.34. The van der Waals surface area contributed by atoms with Gasteiger partial charge in [0.15, 0.2) is 0 Å². The van der Waals surface area contributed by atoms with Crippen LogP contribution in [0.4, 0.5) is 5.69 Å². The first-order valence-electron chi connectivity index (χ1n) is 9.99. The zero-order chi connectivity index (χ0) is 21.0. The molecule has 0 radical (unpaired) electrons. The summed E-state index contributed by atoms with van der Waals surface area (Å²) in [6, 6.07) is 15.2. The zero-order valence-electron chi connectivity index (χ0n) is 17.3. The number of fused-ring (bicyclic) bond motifs is 1. The van der Waals surface area contributed by atoms with Gasteiger partial charge in [-0.1, -0.05) is 37.3 Å². The van der Waals surface area contributed by atoms with E-state index in [1.165, 1.54) is 5.56 Å². The number of sulfonamides is 1. The molecule has 6 nitrogen and oxygen atoms in total. The average Bonchev–Trinajstić information content (AvgIpc) is 3.03. The molecule has 1 amide bonds. The van der Waals surface area contributed by atoms with Gasteiger partial charge in [-0.05, 0) is 49.7 Å². The Balaban J connectivity index is 1.62. The molecule has 1 aliphatic heterocycles. The molecule has 1 atom stereocenters. The van der Waals surface area contributed by atoms with Crippen LogP contribution in [-0.2, 0) is 27.8 Å². The number of hydrogen-bond donors (Lipinski definition) is 1. The summed E-state index contributed by atoms with van der Waals surface area (Å²) in [5, 5.41) is 0. The third-order valence-electron chi connectivity index (χ3n) is 5.23. The van der Waals surface area contributed by atoms with E-state index in [0.717, 1.165) is 17.8 Å². The van der Waals surface area contributed by atoms with Crippen LogP contribution in [0.5, 0.6) is 0 Å². The van der Waals surface area contributed by atoms with Crippen LogP contribution in [0.15, 0.2) is 53.4 Å². The van der Waals surface area contributed by atoms with Crippen molar-refractivity contribution in [2.75, 3.05) is 25.0 Å². The van der Waals surface area contributed by atoms with Crippen LogP contribution in [-0.4, -0.2) is 45.4 Å². The third-order valence-corrected chi connectivity index (χ3v) is 6.69. The SMILES string of the molecule is CCC(=O)N1c2ccc(S(=O)(=O)NCCN(C)Cc3ccccc3)cc2C[C@@H]1C. The molecule has 0 bridgehead atoms. The maximum Gasteiger partial charge on any atom is 0.240 e. The largest absolute Gasteiger partial charge is 0.309 e. The van der Waals surface area contributed by atoms with Gasteiger partial charge in [0, 0.05) is 37.8 Å². The van der Waals surface area contributed by atoms with E-state index in [-0.39, 0.29) is 16.8 Å². The molecule has 2 aromatic rings. The minimum absolute atomic E-state index is 0.0509. The number of nitrogens with zero attached hydrogens (tertiary/aromatic N) is 2. The second kappa shape index (κ2) is 9.07. The van der Waals surface area contributed by atoms with E-state index in [2.05, 4.69) is 21.8 Å². The van der Waals surface area contributed by atoms with Gasteiger partial charge < -0.3 is 9.80 Å². The maximum atomic E-state index is 12.7. The molecule has 3 rings (SSSR count). The van der Waals surface area contributed by atoms with Crippen LogP contribution < -0.4 is 9.62 Å². The predicted molar refractivity (Wildman–Crippen MR) is 115 cm³/mol. The van der Waals surface area contributed by atoms with Gasteiger partial charge in [-0.15, -0.1) is 0 Å². The van der Waals surface area contributed by atoms with Gasteiger partial charge in [0.1, 0.15) is 0 Å². The molecule has 156 valence electrons. The van der Waals surface area contributed by atoms with Crippen molar-refractivity contribution < 1.29 is 13.2 Å². The fourth-order valence-corrected chi connectivity index (χ4v) is 4.82. The van der Waals surface area contributed by atoms with E-state index < -0.39 is 10.0 Å². The quantitative estimate of drug-likeness (QED) is 0.720. The average molecular weight is 416 g/mol. The van der Waals surface area contributed by atoms with Crippen LogP contribution in [0.1, 0.15) is 31.4 Å². The highest BCUT2D eigenvalue weighted by Gasteiger charge is 2.31. The second-order valence-electron chi connectivity index (χ2n) is 7.58. The minimum Gasteiger partial charge on any atom is -0.309 e. The summed E-state index contributed by atoms with van der Waals surface area (Å²) in [5.74, 6) is 0.0615. The molecule has 7 heteroatoms. The summed E-state index contributed by atoms with van der Waals surface area (Å²) < 4.78 is 28.1. The highest BCUT2D eigenvalue weighted by atomic mass is 32.2. The molecule has 1 aliphatic rings. The summed E-state index contributed by atoms with van der Waals surface area (Å²) in [5.41, 5.74) is 2.92. The lowest BCUT2D eigenvalue weighted by atomic mass is 10.1. The predicted octanol–water partition coefficient (Wildman–Crippen LogP) is 2.78. The Morgan fingerprint density at radius 2 is 1.93 bits per heavy atom. The molecular weight excluding hydrogens is 386 g/mol. The normalized spacial score (nSPS) is 16.3. The number of carbonyl (C=O) groups excluding carboxylic acids is 1. The Labute approximate surface area is 173 Å². The van der Waals surface area contributed by atoms with Crippen LogP contribution >= 0.6 is 0 Å². The van der Waals surface area contributed by atoms with Gasteiger partial charge in [-0.3, -0.25) is 4.79 Å². The van der Waals surface area contributed by atoms with E-state index in [4.69, 9.17) is 0 Å². The van der Waals surface area contributed by atoms with E-state index >= 15 is 0 Å². The Kier molecular flexibility index (Phi) is 6.72. The number of hydrogen-bond acceptors (Lipinski definition) is 4. The van der Waals surface area contributed by atoms with Crippen LogP contribution in [0, 0.1) is 0 Å².